The second-order valence-electron chi connectivity index (χ2n) is 4.41. The van der Waals surface area contributed by atoms with Gasteiger partial charge < -0.3 is 0 Å². The molecular formula is C15H8Cl2FN3. The van der Waals surface area contributed by atoms with Crippen LogP contribution < -0.4 is 0 Å². The summed E-state index contributed by atoms with van der Waals surface area (Å²) in [6.07, 6.45) is 0. The third-order valence-corrected chi connectivity index (χ3v) is 3.66. The van der Waals surface area contributed by atoms with E-state index in [1.165, 1.54) is 12.1 Å². The Hall–Kier alpha value is -2.09. The topological polar surface area (TPSA) is 41.6 Å². The van der Waals surface area contributed by atoms with E-state index < -0.39 is 0 Å². The lowest BCUT2D eigenvalue weighted by molar-refractivity contribution is 0.629. The zero-order chi connectivity index (χ0) is 15.0. The number of rotatable bonds is 2. The number of hydrogen-bond acceptors (Lipinski definition) is 2. The molecule has 0 bridgehead atoms. The smallest absolute Gasteiger partial charge is 0.129 e. The van der Waals surface area contributed by atoms with Gasteiger partial charge in [-0.15, -0.1) is 11.6 Å². The average Bonchev–Trinajstić information content (AvgIpc) is 2.84. The molecule has 3 aromatic rings. The molecule has 0 radical (unpaired) electrons. The van der Waals surface area contributed by atoms with Gasteiger partial charge in [0.2, 0.25) is 0 Å². The van der Waals surface area contributed by atoms with Crippen molar-refractivity contribution < 1.29 is 4.39 Å². The molecular weight excluding hydrogens is 312 g/mol. The number of alkyl halides is 1. The van der Waals surface area contributed by atoms with E-state index in [9.17, 15) is 4.39 Å². The van der Waals surface area contributed by atoms with E-state index in [0.29, 0.717) is 33.1 Å². The van der Waals surface area contributed by atoms with Crippen molar-refractivity contribution in [3.05, 3.63) is 58.6 Å². The maximum atomic E-state index is 13.3. The van der Waals surface area contributed by atoms with Crippen LogP contribution in [0.3, 0.4) is 0 Å². The largest absolute Gasteiger partial charge is 0.294 e. The minimum atomic E-state index is -0.362. The Bertz CT molecular complexity index is 880. The van der Waals surface area contributed by atoms with Crippen molar-refractivity contribution in [1.82, 2.24) is 9.55 Å². The van der Waals surface area contributed by atoms with Crippen molar-refractivity contribution in [1.29, 1.82) is 5.26 Å². The summed E-state index contributed by atoms with van der Waals surface area (Å²) in [5.41, 5.74) is 2.33. The summed E-state index contributed by atoms with van der Waals surface area (Å²) in [4.78, 5) is 4.32. The highest BCUT2D eigenvalue weighted by Crippen LogP contribution is 2.28. The predicted octanol–water partition coefficient (Wildman–Crippen LogP) is 4.43. The lowest BCUT2D eigenvalue weighted by Crippen LogP contribution is -2.00. The van der Waals surface area contributed by atoms with Crippen LogP contribution in [0.2, 0.25) is 5.02 Å². The van der Waals surface area contributed by atoms with E-state index in [4.69, 9.17) is 28.5 Å². The molecule has 1 heterocycles. The van der Waals surface area contributed by atoms with Crippen LogP contribution in [0.4, 0.5) is 4.39 Å². The maximum Gasteiger partial charge on any atom is 0.129 e. The Morgan fingerprint density at radius 2 is 2.05 bits per heavy atom. The first-order valence-corrected chi connectivity index (χ1v) is 6.98. The van der Waals surface area contributed by atoms with Gasteiger partial charge in [-0.05, 0) is 30.3 Å². The SMILES string of the molecule is N#Cc1ccc(-n2c(CCl)nc3cc(F)ccc32)c(Cl)c1. The molecule has 0 fully saturated rings. The summed E-state index contributed by atoms with van der Waals surface area (Å²) >= 11 is 12.2. The monoisotopic (exact) mass is 319 g/mol. The zero-order valence-electron chi connectivity index (χ0n) is 10.6. The highest BCUT2D eigenvalue weighted by molar-refractivity contribution is 6.32. The molecule has 21 heavy (non-hydrogen) atoms. The normalized spacial score (nSPS) is 10.8. The maximum absolute atomic E-state index is 13.3. The summed E-state index contributed by atoms with van der Waals surface area (Å²) < 4.78 is 15.1. The molecule has 0 unspecified atom stereocenters. The van der Waals surface area contributed by atoms with Gasteiger partial charge in [0.15, 0.2) is 0 Å². The van der Waals surface area contributed by atoms with Crippen molar-refractivity contribution in [3.63, 3.8) is 0 Å². The molecule has 0 amide bonds. The van der Waals surface area contributed by atoms with Gasteiger partial charge in [-0.25, -0.2) is 9.37 Å². The summed E-state index contributed by atoms with van der Waals surface area (Å²) in [6.45, 7) is 0. The van der Waals surface area contributed by atoms with Gasteiger partial charge in [-0.3, -0.25) is 4.57 Å². The Kier molecular flexibility index (Phi) is 3.54. The highest BCUT2D eigenvalue weighted by Gasteiger charge is 2.15. The minimum absolute atomic E-state index is 0.159. The first kappa shape index (κ1) is 13.9. The molecule has 3 rings (SSSR count). The number of halogens is 3. The van der Waals surface area contributed by atoms with Gasteiger partial charge in [0.25, 0.3) is 0 Å². The second kappa shape index (κ2) is 5.36. The van der Waals surface area contributed by atoms with Gasteiger partial charge in [-0.2, -0.15) is 5.26 Å². The van der Waals surface area contributed by atoms with Gasteiger partial charge in [0.05, 0.1) is 39.3 Å². The first-order chi connectivity index (χ1) is 10.1. The van der Waals surface area contributed by atoms with Crippen LogP contribution in [0.1, 0.15) is 11.4 Å². The quantitative estimate of drug-likeness (QED) is 0.656. The van der Waals surface area contributed by atoms with Crippen LogP contribution in [-0.4, -0.2) is 9.55 Å². The standard InChI is InChI=1S/C15H8Cl2FN3/c16-7-15-20-12-6-10(18)2-4-14(12)21(15)13-3-1-9(8-19)5-11(13)17/h1-6H,7H2. The molecule has 2 aromatic carbocycles. The number of aromatic nitrogens is 2. The fourth-order valence-electron chi connectivity index (χ4n) is 2.22. The van der Waals surface area contributed by atoms with Crippen molar-refractivity contribution >= 4 is 34.2 Å². The van der Waals surface area contributed by atoms with Gasteiger partial charge in [0.1, 0.15) is 11.6 Å². The lowest BCUT2D eigenvalue weighted by atomic mass is 10.2. The van der Waals surface area contributed by atoms with E-state index in [0.717, 1.165) is 0 Å². The number of hydrogen-bond donors (Lipinski definition) is 0. The van der Waals surface area contributed by atoms with Crippen LogP contribution >= 0.6 is 23.2 Å². The molecule has 0 spiro atoms. The van der Waals surface area contributed by atoms with Gasteiger partial charge in [-0.1, -0.05) is 11.6 Å². The molecule has 0 aliphatic rings. The minimum Gasteiger partial charge on any atom is -0.294 e. The number of imidazole rings is 1. The third kappa shape index (κ3) is 2.35. The van der Waals surface area contributed by atoms with Crippen molar-refractivity contribution in [3.8, 4) is 11.8 Å². The first-order valence-electron chi connectivity index (χ1n) is 6.07. The fourth-order valence-corrected chi connectivity index (χ4v) is 2.66. The molecule has 104 valence electrons. The number of fused-ring (bicyclic) bond motifs is 1. The fraction of sp³-hybridized carbons (Fsp3) is 0.0667. The number of nitrogens with zero attached hydrogens (tertiary/aromatic N) is 3. The van der Waals surface area contributed by atoms with Crippen molar-refractivity contribution in [2.45, 2.75) is 5.88 Å². The Morgan fingerprint density at radius 3 is 2.71 bits per heavy atom. The molecule has 0 atom stereocenters. The van der Waals surface area contributed by atoms with Crippen molar-refractivity contribution in [2.24, 2.45) is 0 Å². The van der Waals surface area contributed by atoms with Gasteiger partial charge in [0, 0.05) is 6.07 Å². The molecule has 0 aliphatic heterocycles. The summed E-state index contributed by atoms with van der Waals surface area (Å²) in [5.74, 6) is 0.357. The van der Waals surface area contributed by atoms with Crippen LogP contribution in [0.25, 0.3) is 16.7 Å². The summed E-state index contributed by atoms with van der Waals surface area (Å²) in [5, 5.41) is 9.30. The summed E-state index contributed by atoms with van der Waals surface area (Å²) in [6, 6.07) is 11.3. The van der Waals surface area contributed by atoms with Crippen LogP contribution in [-0.2, 0) is 5.88 Å². The molecule has 6 heteroatoms. The molecule has 0 aliphatic carbocycles. The number of benzene rings is 2. The molecule has 1 aromatic heterocycles. The lowest BCUT2D eigenvalue weighted by Gasteiger charge is -2.10. The molecule has 0 saturated heterocycles. The third-order valence-electron chi connectivity index (χ3n) is 3.12. The highest BCUT2D eigenvalue weighted by atomic mass is 35.5. The van der Waals surface area contributed by atoms with Gasteiger partial charge >= 0.3 is 0 Å². The van der Waals surface area contributed by atoms with Crippen molar-refractivity contribution in [2.75, 3.05) is 0 Å². The van der Waals surface area contributed by atoms with E-state index >= 15 is 0 Å². The number of nitriles is 1. The van der Waals surface area contributed by atoms with E-state index in [2.05, 4.69) is 4.98 Å². The molecule has 0 saturated carbocycles. The van der Waals surface area contributed by atoms with E-state index in [-0.39, 0.29) is 11.7 Å². The van der Waals surface area contributed by atoms with E-state index in [1.54, 1.807) is 28.8 Å². The predicted molar refractivity (Wildman–Crippen MR) is 80.3 cm³/mol. The Morgan fingerprint density at radius 1 is 1.24 bits per heavy atom. The van der Waals surface area contributed by atoms with Crippen LogP contribution in [0.5, 0.6) is 0 Å². The summed E-state index contributed by atoms with van der Waals surface area (Å²) in [7, 11) is 0. The second-order valence-corrected chi connectivity index (χ2v) is 5.08. The van der Waals surface area contributed by atoms with E-state index in [1.807, 2.05) is 6.07 Å². The Balaban J connectivity index is 2.31. The average molecular weight is 320 g/mol. The molecule has 0 N–H and O–H groups in total. The Labute approximate surface area is 130 Å². The molecule has 3 nitrogen and oxygen atoms in total. The van der Waals surface area contributed by atoms with Crippen LogP contribution in [0, 0.1) is 17.1 Å². The zero-order valence-corrected chi connectivity index (χ0v) is 12.2. The van der Waals surface area contributed by atoms with Crippen LogP contribution in [0.15, 0.2) is 36.4 Å².